The summed E-state index contributed by atoms with van der Waals surface area (Å²) in [6, 6.07) is 18.3. The van der Waals surface area contributed by atoms with E-state index in [1.807, 2.05) is 19.1 Å². The average Bonchev–Trinajstić information content (AvgIpc) is 2.71. The predicted octanol–water partition coefficient (Wildman–Crippen LogP) is 5.55. The Balaban J connectivity index is 1.98. The molecule has 0 bridgehead atoms. The smallest absolute Gasteiger partial charge is 0.264 e. The summed E-state index contributed by atoms with van der Waals surface area (Å²) in [4.78, 5) is 12.9. The molecule has 0 radical (unpaired) electrons. The lowest BCUT2D eigenvalue weighted by atomic mass is 10.2. The number of nitrogens with one attached hydrogen (secondary N) is 1. The van der Waals surface area contributed by atoms with Gasteiger partial charge in [-0.05, 0) is 67.4 Å². The van der Waals surface area contributed by atoms with E-state index < -0.39 is 22.5 Å². The van der Waals surface area contributed by atoms with Crippen molar-refractivity contribution in [2.45, 2.75) is 18.7 Å². The fourth-order valence-electron chi connectivity index (χ4n) is 2.92. The van der Waals surface area contributed by atoms with Gasteiger partial charge >= 0.3 is 0 Å². The van der Waals surface area contributed by atoms with Crippen molar-refractivity contribution < 1.29 is 13.2 Å². The van der Waals surface area contributed by atoms with E-state index in [9.17, 15) is 13.2 Å². The molecule has 3 aromatic carbocycles. The standard InChI is InChI=1S/C22H20BrClN2O3S/c1-15-8-9-17(24)13-21(15)26(30(28,29)19-6-4-3-5-7-19)14-22(27)25-18-10-11-20(23)16(2)12-18/h3-13H,14H2,1-2H3,(H,25,27). The van der Waals surface area contributed by atoms with Crippen LogP contribution in [0.1, 0.15) is 11.1 Å². The van der Waals surface area contributed by atoms with Gasteiger partial charge in [-0.1, -0.05) is 51.8 Å². The topological polar surface area (TPSA) is 66.5 Å². The van der Waals surface area contributed by atoms with Crippen molar-refractivity contribution in [3.63, 3.8) is 0 Å². The van der Waals surface area contributed by atoms with E-state index in [1.54, 1.807) is 49.4 Å². The molecule has 30 heavy (non-hydrogen) atoms. The second-order valence-corrected chi connectivity index (χ2v) is 9.92. The van der Waals surface area contributed by atoms with E-state index in [2.05, 4.69) is 21.2 Å². The van der Waals surface area contributed by atoms with E-state index in [-0.39, 0.29) is 4.90 Å². The summed E-state index contributed by atoms with van der Waals surface area (Å²) in [5, 5.41) is 3.15. The molecule has 0 fully saturated rings. The third kappa shape index (κ3) is 5.03. The molecule has 0 unspecified atom stereocenters. The van der Waals surface area contributed by atoms with E-state index in [0.29, 0.717) is 22.0 Å². The van der Waals surface area contributed by atoms with Gasteiger partial charge in [0.2, 0.25) is 5.91 Å². The Bertz CT molecular complexity index is 1180. The minimum Gasteiger partial charge on any atom is -0.325 e. The van der Waals surface area contributed by atoms with E-state index in [0.717, 1.165) is 14.3 Å². The van der Waals surface area contributed by atoms with Crippen LogP contribution in [-0.4, -0.2) is 20.9 Å². The Morgan fingerprint density at radius 1 is 1.00 bits per heavy atom. The Morgan fingerprint density at radius 2 is 1.70 bits per heavy atom. The van der Waals surface area contributed by atoms with E-state index in [4.69, 9.17) is 11.6 Å². The van der Waals surface area contributed by atoms with Crippen molar-refractivity contribution in [2.75, 3.05) is 16.2 Å². The molecule has 0 aromatic heterocycles. The summed E-state index contributed by atoms with van der Waals surface area (Å²) in [5.74, 6) is -0.462. The Kier molecular flexibility index (Phi) is 6.85. The maximum absolute atomic E-state index is 13.4. The monoisotopic (exact) mass is 506 g/mol. The van der Waals surface area contributed by atoms with Crippen LogP contribution in [0.3, 0.4) is 0 Å². The highest BCUT2D eigenvalue weighted by Gasteiger charge is 2.28. The van der Waals surface area contributed by atoms with Gasteiger partial charge in [0.25, 0.3) is 10.0 Å². The van der Waals surface area contributed by atoms with Crippen molar-refractivity contribution in [1.82, 2.24) is 0 Å². The van der Waals surface area contributed by atoms with Crippen molar-refractivity contribution in [2.24, 2.45) is 0 Å². The van der Waals surface area contributed by atoms with Gasteiger partial charge < -0.3 is 5.32 Å². The van der Waals surface area contributed by atoms with Gasteiger partial charge in [0.15, 0.2) is 0 Å². The lowest BCUT2D eigenvalue weighted by molar-refractivity contribution is -0.114. The number of halogens is 2. The van der Waals surface area contributed by atoms with Crippen LogP contribution >= 0.6 is 27.5 Å². The van der Waals surface area contributed by atoms with Crippen LogP contribution in [-0.2, 0) is 14.8 Å². The number of aryl methyl sites for hydroxylation is 2. The van der Waals surface area contributed by atoms with E-state index in [1.165, 1.54) is 12.1 Å². The number of hydrogen-bond acceptors (Lipinski definition) is 3. The van der Waals surface area contributed by atoms with Crippen LogP contribution in [0.25, 0.3) is 0 Å². The van der Waals surface area contributed by atoms with Gasteiger partial charge in [-0.15, -0.1) is 0 Å². The average molecular weight is 508 g/mol. The lowest BCUT2D eigenvalue weighted by Crippen LogP contribution is -2.38. The first kappa shape index (κ1) is 22.3. The quantitative estimate of drug-likeness (QED) is 0.475. The Morgan fingerprint density at radius 3 is 2.37 bits per heavy atom. The molecular formula is C22H20BrClN2O3S. The first-order valence-electron chi connectivity index (χ1n) is 9.08. The number of amides is 1. The van der Waals surface area contributed by atoms with Crippen LogP contribution in [0.15, 0.2) is 76.1 Å². The van der Waals surface area contributed by atoms with Gasteiger partial charge in [-0.2, -0.15) is 0 Å². The molecule has 0 heterocycles. The third-order valence-corrected chi connectivity index (χ3v) is 7.40. The second-order valence-electron chi connectivity index (χ2n) is 6.77. The lowest BCUT2D eigenvalue weighted by Gasteiger charge is -2.26. The van der Waals surface area contributed by atoms with Crippen LogP contribution in [0.5, 0.6) is 0 Å². The maximum Gasteiger partial charge on any atom is 0.264 e. The molecular weight excluding hydrogens is 488 g/mol. The number of anilines is 2. The summed E-state index contributed by atoms with van der Waals surface area (Å²) in [6.45, 7) is 3.28. The summed E-state index contributed by atoms with van der Waals surface area (Å²) < 4.78 is 28.8. The summed E-state index contributed by atoms with van der Waals surface area (Å²) in [6.07, 6.45) is 0. The number of hydrogen-bond donors (Lipinski definition) is 1. The Hall–Kier alpha value is -2.35. The fourth-order valence-corrected chi connectivity index (χ4v) is 4.84. The highest BCUT2D eigenvalue weighted by atomic mass is 79.9. The van der Waals surface area contributed by atoms with Crippen molar-refractivity contribution >= 4 is 54.8 Å². The molecule has 5 nitrogen and oxygen atoms in total. The fraction of sp³-hybridized carbons (Fsp3) is 0.136. The first-order valence-corrected chi connectivity index (χ1v) is 11.7. The Labute approximate surface area is 189 Å². The molecule has 0 saturated heterocycles. The molecule has 3 aromatic rings. The molecule has 0 aliphatic rings. The zero-order valence-electron chi connectivity index (χ0n) is 16.4. The predicted molar refractivity (Wildman–Crippen MR) is 125 cm³/mol. The van der Waals surface area contributed by atoms with Crippen LogP contribution in [0, 0.1) is 13.8 Å². The van der Waals surface area contributed by atoms with Gasteiger partial charge in [0.05, 0.1) is 10.6 Å². The first-order chi connectivity index (χ1) is 14.2. The normalized spacial score (nSPS) is 11.2. The molecule has 8 heteroatoms. The SMILES string of the molecule is Cc1cc(NC(=O)CN(c2cc(Cl)ccc2C)S(=O)(=O)c2ccccc2)ccc1Br. The van der Waals surface area contributed by atoms with Gasteiger partial charge in [-0.3, -0.25) is 9.10 Å². The molecule has 3 rings (SSSR count). The van der Waals surface area contributed by atoms with Crippen LogP contribution < -0.4 is 9.62 Å². The molecule has 0 spiro atoms. The zero-order valence-corrected chi connectivity index (χ0v) is 19.6. The van der Waals surface area contributed by atoms with Gasteiger partial charge in [0, 0.05) is 15.2 Å². The number of carbonyl (C=O) groups is 1. The van der Waals surface area contributed by atoms with Gasteiger partial charge in [0.1, 0.15) is 6.54 Å². The summed E-state index contributed by atoms with van der Waals surface area (Å²) in [5.41, 5.74) is 2.58. The number of nitrogens with zero attached hydrogens (tertiary/aromatic N) is 1. The molecule has 1 amide bonds. The van der Waals surface area contributed by atoms with Crippen LogP contribution in [0.4, 0.5) is 11.4 Å². The highest BCUT2D eigenvalue weighted by molar-refractivity contribution is 9.10. The number of benzene rings is 3. The minimum atomic E-state index is -3.99. The largest absolute Gasteiger partial charge is 0.325 e. The molecule has 1 N–H and O–H groups in total. The minimum absolute atomic E-state index is 0.0941. The highest BCUT2D eigenvalue weighted by Crippen LogP contribution is 2.29. The summed E-state index contributed by atoms with van der Waals surface area (Å²) >= 11 is 9.55. The summed E-state index contributed by atoms with van der Waals surface area (Å²) in [7, 11) is -3.99. The van der Waals surface area contributed by atoms with Crippen molar-refractivity contribution in [1.29, 1.82) is 0 Å². The zero-order chi connectivity index (χ0) is 21.9. The molecule has 0 atom stereocenters. The van der Waals surface area contributed by atoms with Crippen LogP contribution in [0.2, 0.25) is 5.02 Å². The van der Waals surface area contributed by atoms with Crippen molar-refractivity contribution in [3.8, 4) is 0 Å². The molecule has 0 saturated carbocycles. The number of carbonyl (C=O) groups excluding carboxylic acids is 1. The van der Waals surface area contributed by atoms with Gasteiger partial charge in [-0.25, -0.2) is 8.42 Å². The van der Waals surface area contributed by atoms with Crippen molar-refractivity contribution in [3.05, 3.63) is 87.4 Å². The molecule has 0 aliphatic heterocycles. The molecule has 0 aliphatic carbocycles. The second kappa shape index (κ2) is 9.20. The third-order valence-electron chi connectivity index (χ3n) is 4.50. The van der Waals surface area contributed by atoms with E-state index >= 15 is 0 Å². The number of rotatable bonds is 6. The molecule has 156 valence electrons. The number of sulfonamides is 1. The maximum atomic E-state index is 13.4.